The number of ether oxygens (including phenoxy) is 1. The van der Waals surface area contributed by atoms with Gasteiger partial charge in [0.15, 0.2) is 0 Å². The monoisotopic (exact) mass is 304 g/mol. The lowest BCUT2D eigenvalue weighted by molar-refractivity contribution is -0.141. The average Bonchev–Trinajstić information content (AvgIpc) is 2.38. The topological polar surface area (TPSA) is 81.4 Å². The van der Waals surface area contributed by atoms with Gasteiger partial charge in [0.2, 0.25) is 5.91 Å². The Morgan fingerprint density at radius 3 is 2.35 bits per heavy atom. The molecule has 1 unspecified atom stereocenters. The zero-order valence-corrected chi connectivity index (χ0v) is 12.1. The van der Waals surface area contributed by atoms with Gasteiger partial charge in [-0.3, -0.25) is 9.59 Å². The minimum absolute atomic E-state index is 0. The van der Waals surface area contributed by atoms with Crippen molar-refractivity contribution in [1.29, 1.82) is 0 Å². The van der Waals surface area contributed by atoms with E-state index in [0.717, 1.165) is 0 Å². The van der Waals surface area contributed by atoms with Crippen LogP contribution in [0, 0.1) is 5.82 Å². The molecule has 1 aromatic rings. The fourth-order valence-corrected chi connectivity index (χ4v) is 1.50. The third kappa shape index (κ3) is 5.54. The summed E-state index contributed by atoms with van der Waals surface area (Å²) in [5.74, 6) is -1.25. The third-order valence-corrected chi connectivity index (χ3v) is 2.60. The maximum absolute atomic E-state index is 12.9. The van der Waals surface area contributed by atoms with E-state index in [0.29, 0.717) is 5.56 Å². The molecule has 0 fully saturated rings. The first-order valence-electron chi connectivity index (χ1n) is 5.82. The first-order chi connectivity index (χ1) is 8.93. The summed E-state index contributed by atoms with van der Waals surface area (Å²) in [6.07, 6.45) is -0.0411. The van der Waals surface area contributed by atoms with Gasteiger partial charge in [0, 0.05) is 0 Å². The van der Waals surface area contributed by atoms with E-state index in [-0.39, 0.29) is 24.6 Å². The van der Waals surface area contributed by atoms with Crippen molar-refractivity contribution in [2.45, 2.75) is 25.4 Å². The number of rotatable bonds is 5. The number of esters is 1. The van der Waals surface area contributed by atoms with Crippen molar-refractivity contribution in [2.75, 3.05) is 7.11 Å². The van der Waals surface area contributed by atoms with Gasteiger partial charge >= 0.3 is 5.97 Å². The van der Waals surface area contributed by atoms with Crippen LogP contribution >= 0.6 is 12.4 Å². The Morgan fingerprint density at radius 2 is 1.90 bits per heavy atom. The summed E-state index contributed by atoms with van der Waals surface area (Å²) in [5, 5.41) is 2.63. The fraction of sp³-hybridized carbons (Fsp3) is 0.385. The molecule has 3 N–H and O–H groups in total. The van der Waals surface area contributed by atoms with Gasteiger partial charge in [-0.15, -0.1) is 12.4 Å². The Bertz CT molecular complexity index is 451. The van der Waals surface area contributed by atoms with Crippen molar-refractivity contribution >= 4 is 24.3 Å². The maximum Gasteiger partial charge on any atom is 0.307 e. The number of hydrogen-bond donors (Lipinski definition) is 2. The van der Waals surface area contributed by atoms with Crippen LogP contribution in [-0.2, 0) is 14.3 Å². The van der Waals surface area contributed by atoms with Gasteiger partial charge < -0.3 is 15.8 Å². The number of nitrogens with one attached hydrogen (secondary N) is 1. The number of carbonyl (C=O) groups is 2. The predicted molar refractivity (Wildman–Crippen MR) is 74.8 cm³/mol. The summed E-state index contributed by atoms with van der Waals surface area (Å²) >= 11 is 0. The minimum atomic E-state index is -0.694. The summed E-state index contributed by atoms with van der Waals surface area (Å²) in [4.78, 5) is 22.9. The smallest absolute Gasteiger partial charge is 0.307 e. The molecule has 0 saturated carbocycles. The number of hydrogen-bond acceptors (Lipinski definition) is 4. The molecule has 20 heavy (non-hydrogen) atoms. The summed E-state index contributed by atoms with van der Waals surface area (Å²) in [6.45, 7) is 1.54. The van der Waals surface area contributed by atoms with E-state index in [4.69, 9.17) is 5.73 Å². The van der Waals surface area contributed by atoms with Crippen molar-refractivity contribution in [2.24, 2.45) is 5.73 Å². The highest BCUT2D eigenvalue weighted by atomic mass is 35.5. The molecule has 0 radical (unpaired) electrons. The first-order valence-corrected chi connectivity index (χ1v) is 5.82. The zero-order chi connectivity index (χ0) is 14.4. The van der Waals surface area contributed by atoms with E-state index >= 15 is 0 Å². The molecule has 0 aliphatic rings. The molecule has 0 aliphatic carbocycles. The zero-order valence-electron chi connectivity index (χ0n) is 11.3. The van der Waals surface area contributed by atoms with Crippen molar-refractivity contribution in [3.8, 4) is 0 Å². The fourth-order valence-electron chi connectivity index (χ4n) is 1.50. The second-order valence-corrected chi connectivity index (χ2v) is 4.18. The molecular formula is C13H18ClFN2O3. The van der Waals surface area contributed by atoms with Gasteiger partial charge in [-0.05, 0) is 24.6 Å². The van der Waals surface area contributed by atoms with Crippen LogP contribution in [0.25, 0.3) is 0 Å². The van der Waals surface area contributed by atoms with Crippen molar-refractivity contribution in [3.63, 3.8) is 0 Å². The van der Waals surface area contributed by atoms with Gasteiger partial charge in [-0.1, -0.05) is 12.1 Å². The van der Waals surface area contributed by atoms with Gasteiger partial charge in [0.1, 0.15) is 5.82 Å². The Kier molecular flexibility index (Phi) is 7.79. The molecule has 1 rings (SSSR count). The molecule has 2 atom stereocenters. The Balaban J connectivity index is 0.00000361. The van der Waals surface area contributed by atoms with Crippen LogP contribution in [0.1, 0.15) is 24.9 Å². The molecular weight excluding hydrogens is 287 g/mol. The van der Waals surface area contributed by atoms with Crippen molar-refractivity contribution in [1.82, 2.24) is 5.32 Å². The minimum Gasteiger partial charge on any atom is -0.469 e. The number of nitrogens with two attached hydrogens (primary N) is 1. The number of carbonyl (C=O) groups excluding carboxylic acids is 2. The first kappa shape index (κ1) is 18.3. The van der Waals surface area contributed by atoms with E-state index in [1.54, 1.807) is 0 Å². The normalized spacial score (nSPS) is 12.8. The van der Waals surface area contributed by atoms with Crippen LogP contribution in [0.5, 0.6) is 0 Å². The highest BCUT2D eigenvalue weighted by molar-refractivity contribution is 5.85. The van der Waals surface area contributed by atoms with Crippen LogP contribution in [0.15, 0.2) is 24.3 Å². The highest BCUT2D eigenvalue weighted by Crippen LogP contribution is 2.18. The Labute approximate surface area is 123 Å². The van der Waals surface area contributed by atoms with Gasteiger partial charge in [0.05, 0.1) is 25.6 Å². The maximum atomic E-state index is 12.9. The summed E-state index contributed by atoms with van der Waals surface area (Å²) in [5.41, 5.74) is 6.07. The number of amides is 1. The summed E-state index contributed by atoms with van der Waals surface area (Å²) in [6, 6.07) is 4.25. The molecule has 0 spiro atoms. The molecule has 0 saturated heterocycles. The van der Waals surface area contributed by atoms with Gasteiger partial charge in [0.25, 0.3) is 0 Å². The molecule has 112 valence electrons. The van der Waals surface area contributed by atoms with Crippen LogP contribution in [-0.4, -0.2) is 25.0 Å². The van der Waals surface area contributed by atoms with Crippen LogP contribution in [0.4, 0.5) is 4.39 Å². The molecule has 5 nitrogen and oxygen atoms in total. The summed E-state index contributed by atoms with van der Waals surface area (Å²) < 4.78 is 17.4. The lowest BCUT2D eigenvalue weighted by atomic mass is 10.0. The molecule has 1 aromatic carbocycles. The molecule has 0 aliphatic heterocycles. The van der Waals surface area contributed by atoms with Crippen LogP contribution in [0.3, 0.4) is 0 Å². The van der Waals surface area contributed by atoms with Crippen molar-refractivity contribution in [3.05, 3.63) is 35.6 Å². The van der Waals surface area contributed by atoms with Crippen LogP contribution in [0.2, 0.25) is 0 Å². The molecule has 0 aromatic heterocycles. The lowest BCUT2D eigenvalue weighted by Crippen LogP contribution is -2.41. The van der Waals surface area contributed by atoms with Crippen LogP contribution < -0.4 is 11.1 Å². The quantitative estimate of drug-likeness (QED) is 0.804. The van der Waals surface area contributed by atoms with E-state index in [9.17, 15) is 14.0 Å². The van der Waals surface area contributed by atoms with Gasteiger partial charge in [-0.25, -0.2) is 4.39 Å². The molecule has 1 amide bonds. The van der Waals surface area contributed by atoms with E-state index in [2.05, 4.69) is 10.1 Å². The van der Waals surface area contributed by atoms with E-state index in [1.807, 2.05) is 0 Å². The number of methoxy groups -OCH3 is 1. The molecule has 0 bridgehead atoms. The largest absolute Gasteiger partial charge is 0.469 e. The SMILES string of the molecule is COC(=O)CC(NC(=O)[C@@H](C)N)c1ccc(F)cc1.Cl. The molecule has 7 heteroatoms. The van der Waals surface area contributed by atoms with E-state index in [1.165, 1.54) is 38.3 Å². The predicted octanol–water partition coefficient (Wildman–Crippen LogP) is 1.32. The lowest BCUT2D eigenvalue weighted by Gasteiger charge is -2.19. The Hall–Kier alpha value is -1.66. The second-order valence-electron chi connectivity index (χ2n) is 4.18. The second kappa shape index (κ2) is 8.50. The highest BCUT2D eigenvalue weighted by Gasteiger charge is 2.20. The van der Waals surface area contributed by atoms with Gasteiger partial charge in [-0.2, -0.15) is 0 Å². The molecule has 0 heterocycles. The Morgan fingerprint density at radius 1 is 1.35 bits per heavy atom. The average molecular weight is 305 g/mol. The van der Waals surface area contributed by atoms with E-state index < -0.39 is 24.0 Å². The standard InChI is InChI=1S/C13H17FN2O3.ClH/c1-8(15)13(18)16-11(7-12(17)19-2)9-3-5-10(14)6-4-9;/h3-6,8,11H,7,15H2,1-2H3,(H,16,18);1H/t8-,11?;/m1./s1. The number of benzene rings is 1. The number of halogens is 2. The summed E-state index contributed by atoms with van der Waals surface area (Å²) in [7, 11) is 1.26. The van der Waals surface area contributed by atoms with Crippen molar-refractivity contribution < 1.29 is 18.7 Å². The third-order valence-electron chi connectivity index (χ3n) is 2.60.